The zero-order valence-corrected chi connectivity index (χ0v) is 17.3. The van der Waals surface area contributed by atoms with E-state index in [4.69, 9.17) is 4.98 Å². The molecule has 0 saturated carbocycles. The fourth-order valence-electron chi connectivity index (χ4n) is 3.55. The van der Waals surface area contributed by atoms with Crippen LogP contribution in [0.5, 0.6) is 0 Å². The molecule has 0 saturated heterocycles. The van der Waals surface area contributed by atoms with Crippen molar-refractivity contribution in [2.45, 2.75) is 60.9 Å². The minimum atomic E-state index is -0.0349. The van der Waals surface area contributed by atoms with Crippen molar-refractivity contribution in [1.82, 2.24) is 9.97 Å². The van der Waals surface area contributed by atoms with Crippen LogP contribution in [0.3, 0.4) is 0 Å². The van der Waals surface area contributed by atoms with Crippen LogP contribution in [-0.2, 0) is 17.8 Å². The molecule has 0 bridgehead atoms. The van der Waals surface area contributed by atoms with Gasteiger partial charge in [0.25, 0.3) is 0 Å². The monoisotopic (exact) mass is 366 g/mol. The van der Waals surface area contributed by atoms with Gasteiger partial charge in [0.1, 0.15) is 5.82 Å². The Morgan fingerprint density at radius 3 is 2.59 bits per heavy atom. The predicted molar refractivity (Wildman–Crippen MR) is 110 cm³/mol. The number of hydrogen-bond donors (Lipinski definition) is 1. The van der Waals surface area contributed by atoms with Gasteiger partial charge in [-0.15, -0.1) is 0 Å². The number of fused-ring (bicyclic) bond motifs is 1. The van der Waals surface area contributed by atoms with Crippen LogP contribution in [0.25, 0.3) is 0 Å². The van der Waals surface area contributed by atoms with Gasteiger partial charge in [-0.05, 0) is 49.4 Å². The standard InChI is InChI=1S/C22H30N4O/c1-14-11-19(24-16(3)21(14)25-20(27)12-22(4,5)6)26-10-9-18-17(13-26)8-7-15(2)23-18/h7-8,11H,9-10,12-13H2,1-6H3,(H,25,27). The molecule has 0 unspecified atom stereocenters. The van der Waals surface area contributed by atoms with Crippen LogP contribution in [0.1, 0.15) is 55.4 Å². The lowest BCUT2D eigenvalue weighted by atomic mass is 9.92. The first-order valence-electron chi connectivity index (χ1n) is 9.61. The van der Waals surface area contributed by atoms with Crippen LogP contribution in [0, 0.1) is 26.2 Å². The number of aromatic nitrogens is 2. The summed E-state index contributed by atoms with van der Waals surface area (Å²) < 4.78 is 0. The Kier molecular flexibility index (Phi) is 5.22. The SMILES string of the molecule is Cc1ccc2c(n1)CCN(c1cc(C)c(NC(=O)CC(C)(C)C)c(C)n1)C2. The third-order valence-electron chi connectivity index (χ3n) is 4.85. The van der Waals surface area contributed by atoms with E-state index >= 15 is 0 Å². The second-order valence-electron chi connectivity index (χ2n) is 8.77. The number of nitrogens with one attached hydrogen (secondary N) is 1. The highest BCUT2D eigenvalue weighted by Crippen LogP contribution is 2.28. The summed E-state index contributed by atoms with van der Waals surface area (Å²) in [5.74, 6) is 1.00. The number of amides is 1. The lowest BCUT2D eigenvalue weighted by Crippen LogP contribution is -2.32. The summed E-state index contributed by atoms with van der Waals surface area (Å²) in [5.41, 5.74) is 6.25. The maximum Gasteiger partial charge on any atom is 0.224 e. The second kappa shape index (κ2) is 7.29. The van der Waals surface area contributed by atoms with Crippen LogP contribution < -0.4 is 10.2 Å². The Morgan fingerprint density at radius 1 is 1.19 bits per heavy atom. The Labute approximate surface area is 162 Å². The smallest absolute Gasteiger partial charge is 0.224 e. The molecule has 3 rings (SSSR count). The molecule has 3 heterocycles. The number of hydrogen-bond acceptors (Lipinski definition) is 4. The van der Waals surface area contributed by atoms with Gasteiger partial charge >= 0.3 is 0 Å². The number of nitrogens with zero attached hydrogens (tertiary/aromatic N) is 3. The van der Waals surface area contributed by atoms with Gasteiger partial charge in [-0.3, -0.25) is 9.78 Å². The summed E-state index contributed by atoms with van der Waals surface area (Å²) in [6.45, 7) is 14.0. The van der Waals surface area contributed by atoms with Crippen molar-refractivity contribution >= 4 is 17.4 Å². The predicted octanol–water partition coefficient (Wildman–Crippen LogP) is 4.34. The van der Waals surface area contributed by atoms with Gasteiger partial charge in [-0.2, -0.15) is 0 Å². The van der Waals surface area contributed by atoms with Crippen LogP contribution in [0.15, 0.2) is 18.2 Å². The molecule has 144 valence electrons. The van der Waals surface area contributed by atoms with E-state index in [1.807, 2.05) is 20.8 Å². The molecule has 0 spiro atoms. The van der Waals surface area contributed by atoms with E-state index in [1.54, 1.807) is 0 Å². The van der Waals surface area contributed by atoms with Crippen molar-refractivity contribution in [3.63, 3.8) is 0 Å². The van der Waals surface area contributed by atoms with E-state index in [1.165, 1.54) is 11.3 Å². The van der Waals surface area contributed by atoms with E-state index in [2.05, 4.69) is 54.2 Å². The molecule has 0 aliphatic carbocycles. The van der Waals surface area contributed by atoms with Gasteiger partial charge in [0.05, 0.1) is 11.4 Å². The van der Waals surface area contributed by atoms with Crippen molar-refractivity contribution in [2.24, 2.45) is 5.41 Å². The molecule has 2 aromatic rings. The van der Waals surface area contributed by atoms with Gasteiger partial charge in [0.2, 0.25) is 5.91 Å². The average Bonchev–Trinajstić information content (AvgIpc) is 2.56. The molecule has 0 atom stereocenters. The third-order valence-corrected chi connectivity index (χ3v) is 4.85. The summed E-state index contributed by atoms with van der Waals surface area (Å²) in [6, 6.07) is 6.32. The largest absolute Gasteiger partial charge is 0.352 e. The molecule has 1 N–H and O–H groups in total. The molecular weight excluding hydrogens is 336 g/mol. The summed E-state index contributed by atoms with van der Waals surface area (Å²) >= 11 is 0. The van der Waals surface area contributed by atoms with Gasteiger partial charge in [-0.1, -0.05) is 26.8 Å². The summed E-state index contributed by atoms with van der Waals surface area (Å²) in [5, 5.41) is 3.06. The number of pyridine rings is 2. The Morgan fingerprint density at radius 2 is 1.93 bits per heavy atom. The number of rotatable bonds is 3. The highest BCUT2D eigenvalue weighted by Gasteiger charge is 2.21. The third kappa shape index (κ3) is 4.65. The normalized spacial score (nSPS) is 14.1. The molecule has 2 aromatic heterocycles. The fraction of sp³-hybridized carbons (Fsp3) is 0.500. The number of carbonyl (C=O) groups excluding carboxylic acids is 1. The zero-order valence-electron chi connectivity index (χ0n) is 17.3. The summed E-state index contributed by atoms with van der Waals surface area (Å²) in [7, 11) is 0. The first-order chi connectivity index (χ1) is 12.6. The molecule has 1 aliphatic heterocycles. The average molecular weight is 367 g/mol. The first-order valence-corrected chi connectivity index (χ1v) is 9.61. The van der Waals surface area contributed by atoms with E-state index < -0.39 is 0 Å². The molecule has 5 nitrogen and oxygen atoms in total. The molecule has 0 fully saturated rings. The molecular formula is C22H30N4O. The minimum absolute atomic E-state index is 0.0349. The topological polar surface area (TPSA) is 58.1 Å². The summed E-state index contributed by atoms with van der Waals surface area (Å²) in [6.07, 6.45) is 1.42. The van der Waals surface area contributed by atoms with E-state index in [0.717, 1.165) is 48.0 Å². The zero-order chi connectivity index (χ0) is 19.8. The maximum atomic E-state index is 12.3. The van der Waals surface area contributed by atoms with E-state index in [-0.39, 0.29) is 11.3 Å². The maximum absolute atomic E-state index is 12.3. The Hall–Kier alpha value is -2.43. The first kappa shape index (κ1) is 19.3. The molecule has 5 heteroatoms. The Bertz CT molecular complexity index is 844. The van der Waals surface area contributed by atoms with Crippen molar-refractivity contribution in [3.05, 3.63) is 46.4 Å². The highest BCUT2D eigenvalue weighted by atomic mass is 16.1. The van der Waals surface area contributed by atoms with E-state index in [9.17, 15) is 4.79 Å². The van der Waals surface area contributed by atoms with Gasteiger partial charge < -0.3 is 10.2 Å². The molecule has 27 heavy (non-hydrogen) atoms. The van der Waals surface area contributed by atoms with Gasteiger partial charge in [0, 0.05) is 37.3 Å². The van der Waals surface area contributed by atoms with Crippen LogP contribution >= 0.6 is 0 Å². The number of aryl methyl sites for hydroxylation is 3. The van der Waals surface area contributed by atoms with Crippen molar-refractivity contribution < 1.29 is 4.79 Å². The molecule has 1 amide bonds. The molecule has 1 aliphatic rings. The highest BCUT2D eigenvalue weighted by molar-refractivity contribution is 5.92. The van der Waals surface area contributed by atoms with Crippen LogP contribution in [0.2, 0.25) is 0 Å². The minimum Gasteiger partial charge on any atom is -0.352 e. The molecule has 0 aromatic carbocycles. The van der Waals surface area contributed by atoms with Gasteiger partial charge in [-0.25, -0.2) is 4.98 Å². The fourth-order valence-corrected chi connectivity index (χ4v) is 3.55. The molecule has 0 radical (unpaired) electrons. The lowest BCUT2D eigenvalue weighted by molar-refractivity contribution is -0.117. The van der Waals surface area contributed by atoms with Crippen LogP contribution in [-0.4, -0.2) is 22.4 Å². The van der Waals surface area contributed by atoms with E-state index in [0.29, 0.717) is 6.42 Å². The van der Waals surface area contributed by atoms with Crippen molar-refractivity contribution in [1.29, 1.82) is 0 Å². The second-order valence-corrected chi connectivity index (χ2v) is 8.77. The number of anilines is 2. The summed E-state index contributed by atoms with van der Waals surface area (Å²) in [4.78, 5) is 24.1. The Balaban J connectivity index is 1.79. The van der Waals surface area contributed by atoms with Crippen LogP contribution in [0.4, 0.5) is 11.5 Å². The van der Waals surface area contributed by atoms with Gasteiger partial charge in [0.15, 0.2) is 0 Å². The lowest BCUT2D eigenvalue weighted by Gasteiger charge is -2.30. The quantitative estimate of drug-likeness (QED) is 0.878. The number of carbonyl (C=O) groups is 1. The van der Waals surface area contributed by atoms with Crippen molar-refractivity contribution in [2.75, 3.05) is 16.8 Å². The van der Waals surface area contributed by atoms with Crippen molar-refractivity contribution in [3.8, 4) is 0 Å².